The zero-order valence-corrected chi connectivity index (χ0v) is 10.8. The summed E-state index contributed by atoms with van der Waals surface area (Å²) in [5.74, 6) is -0.490. The number of thiocarbonyl (C=S) groups is 1. The summed E-state index contributed by atoms with van der Waals surface area (Å²) in [7, 11) is 0. The quantitative estimate of drug-likeness (QED) is 0.589. The summed E-state index contributed by atoms with van der Waals surface area (Å²) in [5, 5.41) is 5.58. The third-order valence-electron chi connectivity index (χ3n) is 2.84. The maximum absolute atomic E-state index is 11.8. The normalized spacial score (nSPS) is 20.8. The van der Waals surface area contributed by atoms with Crippen molar-refractivity contribution in [2.75, 3.05) is 6.54 Å². The summed E-state index contributed by atoms with van der Waals surface area (Å²) in [6, 6.07) is 0.0417. The second-order valence-electron chi connectivity index (χ2n) is 4.29. The van der Waals surface area contributed by atoms with Gasteiger partial charge in [-0.25, -0.2) is 0 Å². The molecule has 1 saturated heterocycles. The van der Waals surface area contributed by atoms with E-state index < -0.39 is 5.92 Å². The lowest BCUT2D eigenvalue weighted by atomic mass is 10.0. The molecule has 0 aromatic rings. The first kappa shape index (κ1) is 13.9. The molecule has 1 aliphatic rings. The van der Waals surface area contributed by atoms with Crippen LogP contribution >= 0.6 is 12.2 Å². The minimum Gasteiger partial charge on any atom is -0.393 e. The lowest BCUT2D eigenvalue weighted by Crippen LogP contribution is -2.43. The molecule has 0 bridgehead atoms. The van der Waals surface area contributed by atoms with Gasteiger partial charge in [-0.05, 0) is 12.8 Å². The summed E-state index contributed by atoms with van der Waals surface area (Å²) >= 11 is 4.87. The van der Waals surface area contributed by atoms with Gasteiger partial charge in [0.1, 0.15) is 0 Å². The molecule has 0 aromatic heterocycles. The Kier molecular flexibility index (Phi) is 5.34. The number of rotatable bonds is 6. The molecule has 1 fully saturated rings. The van der Waals surface area contributed by atoms with Crippen LogP contribution in [0.3, 0.4) is 0 Å². The molecule has 1 rings (SSSR count). The minimum atomic E-state index is -0.396. The number of nitrogens with one attached hydrogen (secondary N) is 2. The van der Waals surface area contributed by atoms with Gasteiger partial charge < -0.3 is 16.4 Å². The molecule has 4 N–H and O–H groups in total. The Morgan fingerprint density at radius 1 is 1.71 bits per heavy atom. The summed E-state index contributed by atoms with van der Waals surface area (Å²) < 4.78 is 0. The van der Waals surface area contributed by atoms with Crippen LogP contribution < -0.4 is 16.4 Å². The van der Waals surface area contributed by atoms with E-state index in [-0.39, 0.29) is 22.8 Å². The van der Waals surface area contributed by atoms with Gasteiger partial charge in [-0.2, -0.15) is 0 Å². The Morgan fingerprint density at radius 3 is 2.88 bits per heavy atom. The highest BCUT2D eigenvalue weighted by Crippen LogP contribution is 2.08. The molecule has 1 aliphatic heterocycles. The Labute approximate surface area is 107 Å². The fourth-order valence-electron chi connectivity index (χ4n) is 1.87. The zero-order valence-electron chi connectivity index (χ0n) is 9.99. The average Bonchev–Trinajstić information content (AvgIpc) is 2.68. The maximum atomic E-state index is 11.8. The van der Waals surface area contributed by atoms with Gasteiger partial charge >= 0.3 is 0 Å². The van der Waals surface area contributed by atoms with Gasteiger partial charge in [0.05, 0.1) is 10.9 Å². The predicted molar refractivity (Wildman–Crippen MR) is 69.4 cm³/mol. The molecule has 1 heterocycles. The van der Waals surface area contributed by atoms with Crippen molar-refractivity contribution in [3.05, 3.63) is 0 Å². The Bertz CT molecular complexity index is 320. The van der Waals surface area contributed by atoms with E-state index in [1.54, 1.807) is 0 Å². The molecule has 0 saturated carbocycles. The zero-order chi connectivity index (χ0) is 12.8. The lowest BCUT2D eigenvalue weighted by Gasteiger charge is -2.16. The molecule has 0 aromatic carbocycles. The van der Waals surface area contributed by atoms with Gasteiger partial charge in [-0.15, -0.1) is 0 Å². The van der Waals surface area contributed by atoms with Crippen LogP contribution in [-0.4, -0.2) is 29.4 Å². The number of nitrogens with two attached hydrogens (primary N) is 1. The van der Waals surface area contributed by atoms with Gasteiger partial charge in [-0.1, -0.05) is 25.6 Å². The lowest BCUT2D eigenvalue weighted by molar-refractivity contribution is -0.123. The third-order valence-corrected chi connectivity index (χ3v) is 3.13. The number of carbonyl (C=O) groups is 2. The molecular formula is C11H19N3O2S. The minimum absolute atomic E-state index is 0.0417. The summed E-state index contributed by atoms with van der Waals surface area (Å²) in [6.07, 6.45) is 2.83. The predicted octanol–water partition coefficient (Wildman–Crippen LogP) is 0.0836. The number of carbonyl (C=O) groups excluding carboxylic acids is 2. The van der Waals surface area contributed by atoms with Crippen LogP contribution in [0.15, 0.2) is 0 Å². The topological polar surface area (TPSA) is 84.2 Å². The SMILES string of the molecule is CCCC(C(=O)NCC1CCC(=O)N1)C(N)=S. The van der Waals surface area contributed by atoms with Crippen molar-refractivity contribution < 1.29 is 9.59 Å². The van der Waals surface area contributed by atoms with Gasteiger partial charge in [0.25, 0.3) is 0 Å². The second kappa shape index (κ2) is 6.54. The van der Waals surface area contributed by atoms with E-state index in [0.717, 1.165) is 12.8 Å². The van der Waals surface area contributed by atoms with Crippen LogP contribution in [0, 0.1) is 5.92 Å². The van der Waals surface area contributed by atoms with Crippen molar-refractivity contribution in [2.24, 2.45) is 11.7 Å². The van der Waals surface area contributed by atoms with Crippen molar-refractivity contribution in [1.29, 1.82) is 0 Å². The first-order chi connectivity index (χ1) is 8.04. The Balaban J connectivity index is 2.36. The molecule has 2 atom stereocenters. The van der Waals surface area contributed by atoms with Crippen LogP contribution in [0.1, 0.15) is 32.6 Å². The van der Waals surface area contributed by atoms with E-state index in [9.17, 15) is 9.59 Å². The molecule has 2 unspecified atom stereocenters. The highest BCUT2D eigenvalue weighted by Gasteiger charge is 2.24. The number of hydrogen-bond acceptors (Lipinski definition) is 3. The standard InChI is InChI=1S/C11H19N3O2S/c1-2-3-8(10(12)17)11(16)13-6-7-4-5-9(15)14-7/h7-8H,2-6H2,1H3,(H2,12,17)(H,13,16)(H,14,15). The van der Waals surface area contributed by atoms with Gasteiger partial charge in [0.2, 0.25) is 11.8 Å². The van der Waals surface area contributed by atoms with Crippen LogP contribution in [0.5, 0.6) is 0 Å². The molecular weight excluding hydrogens is 238 g/mol. The van der Waals surface area contributed by atoms with Crippen molar-refractivity contribution >= 4 is 29.0 Å². The highest BCUT2D eigenvalue weighted by atomic mass is 32.1. The van der Waals surface area contributed by atoms with E-state index in [0.29, 0.717) is 19.4 Å². The Hall–Kier alpha value is -1.17. The second-order valence-corrected chi connectivity index (χ2v) is 4.76. The average molecular weight is 257 g/mol. The van der Waals surface area contributed by atoms with E-state index in [1.807, 2.05) is 6.92 Å². The molecule has 5 nitrogen and oxygen atoms in total. The van der Waals surface area contributed by atoms with Crippen molar-refractivity contribution in [3.63, 3.8) is 0 Å². The molecule has 0 aliphatic carbocycles. The van der Waals surface area contributed by atoms with E-state index in [1.165, 1.54) is 0 Å². The van der Waals surface area contributed by atoms with Crippen LogP contribution in [0.25, 0.3) is 0 Å². The smallest absolute Gasteiger partial charge is 0.230 e. The monoisotopic (exact) mass is 257 g/mol. The first-order valence-electron chi connectivity index (χ1n) is 5.91. The van der Waals surface area contributed by atoms with Crippen molar-refractivity contribution in [2.45, 2.75) is 38.6 Å². The Morgan fingerprint density at radius 2 is 2.41 bits per heavy atom. The van der Waals surface area contributed by atoms with E-state index in [4.69, 9.17) is 18.0 Å². The molecule has 0 radical (unpaired) electrons. The first-order valence-corrected chi connectivity index (χ1v) is 6.31. The number of hydrogen-bond donors (Lipinski definition) is 3. The summed E-state index contributed by atoms with van der Waals surface area (Å²) in [4.78, 5) is 23.0. The maximum Gasteiger partial charge on any atom is 0.230 e. The molecule has 17 heavy (non-hydrogen) atoms. The van der Waals surface area contributed by atoms with Gasteiger partial charge in [-0.3, -0.25) is 9.59 Å². The van der Waals surface area contributed by atoms with E-state index >= 15 is 0 Å². The largest absolute Gasteiger partial charge is 0.393 e. The van der Waals surface area contributed by atoms with Crippen LogP contribution in [-0.2, 0) is 9.59 Å². The van der Waals surface area contributed by atoms with Crippen LogP contribution in [0.2, 0.25) is 0 Å². The summed E-state index contributed by atoms with van der Waals surface area (Å²) in [6.45, 7) is 2.43. The highest BCUT2D eigenvalue weighted by molar-refractivity contribution is 7.80. The van der Waals surface area contributed by atoms with E-state index in [2.05, 4.69) is 10.6 Å². The molecule has 6 heteroatoms. The van der Waals surface area contributed by atoms with Crippen LogP contribution in [0.4, 0.5) is 0 Å². The molecule has 2 amide bonds. The molecule has 0 spiro atoms. The molecule has 96 valence electrons. The third kappa shape index (κ3) is 4.30. The van der Waals surface area contributed by atoms with Gasteiger partial charge in [0, 0.05) is 19.0 Å². The fourth-order valence-corrected chi connectivity index (χ4v) is 2.09. The van der Waals surface area contributed by atoms with Gasteiger partial charge in [0.15, 0.2) is 0 Å². The fraction of sp³-hybridized carbons (Fsp3) is 0.727. The van der Waals surface area contributed by atoms with Crippen molar-refractivity contribution in [1.82, 2.24) is 10.6 Å². The van der Waals surface area contributed by atoms with Crippen molar-refractivity contribution in [3.8, 4) is 0 Å². The number of amides is 2. The summed E-state index contributed by atoms with van der Waals surface area (Å²) in [5.41, 5.74) is 5.53.